The standard InChI is InChI=1S/C21H24FN3O.2ClH/c1-14-4-7-19(25-10-2-3-11-25)17(12-14)21(26)24-18-6-5-15-13-23-9-8-16(15)20(18)22;;/h4-7,12,23H,2-3,8-11,13H2,1H3,(H,24,26);2*1H. The van der Waals surface area contributed by atoms with Crippen LogP contribution in [0.2, 0.25) is 0 Å². The molecule has 28 heavy (non-hydrogen) atoms. The summed E-state index contributed by atoms with van der Waals surface area (Å²) in [5.41, 5.74) is 4.53. The highest BCUT2D eigenvalue weighted by Gasteiger charge is 2.22. The molecule has 2 N–H and O–H groups in total. The van der Waals surface area contributed by atoms with Gasteiger partial charge in [-0.15, -0.1) is 24.8 Å². The lowest BCUT2D eigenvalue weighted by Crippen LogP contribution is -2.26. The summed E-state index contributed by atoms with van der Waals surface area (Å²) in [6.45, 7) is 5.33. The van der Waals surface area contributed by atoms with Gasteiger partial charge in [-0.25, -0.2) is 4.39 Å². The summed E-state index contributed by atoms with van der Waals surface area (Å²) < 4.78 is 14.9. The number of carbonyl (C=O) groups excluding carboxylic acids is 1. The largest absolute Gasteiger partial charge is 0.371 e. The number of hydrogen-bond donors (Lipinski definition) is 2. The van der Waals surface area contributed by atoms with Crippen LogP contribution in [0.5, 0.6) is 0 Å². The maximum Gasteiger partial charge on any atom is 0.257 e. The number of hydrogen-bond acceptors (Lipinski definition) is 3. The van der Waals surface area contributed by atoms with Crippen LogP contribution in [0.25, 0.3) is 0 Å². The summed E-state index contributed by atoms with van der Waals surface area (Å²) in [4.78, 5) is 15.2. The first kappa shape index (κ1) is 22.5. The predicted octanol–water partition coefficient (Wildman–Crippen LogP) is 4.48. The van der Waals surface area contributed by atoms with Crippen molar-refractivity contribution in [3.8, 4) is 0 Å². The van der Waals surface area contributed by atoms with Gasteiger partial charge in [0.15, 0.2) is 0 Å². The van der Waals surface area contributed by atoms with Crippen molar-refractivity contribution in [2.75, 3.05) is 29.9 Å². The van der Waals surface area contributed by atoms with E-state index in [1.165, 1.54) is 0 Å². The Labute approximate surface area is 177 Å². The monoisotopic (exact) mass is 425 g/mol. The van der Waals surface area contributed by atoms with E-state index in [9.17, 15) is 9.18 Å². The molecule has 1 amide bonds. The van der Waals surface area contributed by atoms with Crippen LogP contribution < -0.4 is 15.5 Å². The summed E-state index contributed by atoms with van der Waals surface area (Å²) in [5, 5.41) is 6.05. The van der Waals surface area contributed by atoms with E-state index in [2.05, 4.69) is 15.5 Å². The fourth-order valence-electron chi connectivity index (χ4n) is 3.89. The van der Waals surface area contributed by atoms with Gasteiger partial charge in [-0.05, 0) is 62.1 Å². The molecular weight excluding hydrogens is 400 g/mol. The van der Waals surface area contributed by atoms with Gasteiger partial charge in [-0.1, -0.05) is 17.7 Å². The highest BCUT2D eigenvalue weighted by molar-refractivity contribution is 6.08. The van der Waals surface area contributed by atoms with Crippen molar-refractivity contribution in [3.63, 3.8) is 0 Å². The molecule has 2 heterocycles. The third-order valence-corrected chi connectivity index (χ3v) is 5.30. The zero-order valence-corrected chi connectivity index (χ0v) is 17.5. The summed E-state index contributed by atoms with van der Waals surface area (Å²) in [6, 6.07) is 9.49. The lowest BCUT2D eigenvalue weighted by molar-refractivity contribution is 0.102. The SMILES string of the molecule is Cc1ccc(N2CCCC2)c(C(=O)Nc2ccc3c(c2F)CCNC3)c1.Cl.Cl. The van der Waals surface area contributed by atoms with Gasteiger partial charge >= 0.3 is 0 Å². The number of halogens is 3. The number of benzene rings is 2. The van der Waals surface area contributed by atoms with Gasteiger partial charge in [0.05, 0.1) is 11.3 Å². The van der Waals surface area contributed by atoms with E-state index in [4.69, 9.17) is 0 Å². The number of aryl methyl sites for hydroxylation is 1. The summed E-state index contributed by atoms with van der Waals surface area (Å²) >= 11 is 0. The molecule has 0 saturated carbocycles. The number of nitrogens with one attached hydrogen (secondary N) is 2. The van der Waals surface area contributed by atoms with Crippen LogP contribution in [-0.2, 0) is 13.0 Å². The predicted molar refractivity (Wildman–Crippen MR) is 117 cm³/mol. The van der Waals surface area contributed by atoms with Crippen LogP contribution in [0, 0.1) is 12.7 Å². The zero-order chi connectivity index (χ0) is 18.1. The van der Waals surface area contributed by atoms with Crippen molar-refractivity contribution in [1.82, 2.24) is 5.32 Å². The maximum absolute atomic E-state index is 14.9. The molecule has 7 heteroatoms. The maximum atomic E-state index is 14.9. The minimum absolute atomic E-state index is 0. The molecule has 4 nitrogen and oxygen atoms in total. The third kappa shape index (κ3) is 4.43. The van der Waals surface area contributed by atoms with E-state index in [0.29, 0.717) is 24.1 Å². The van der Waals surface area contributed by atoms with E-state index < -0.39 is 0 Å². The second kappa shape index (κ2) is 9.59. The Morgan fingerprint density at radius 1 is 1.14 bits per heavy atom. The molecule has 152 valence electrons. The molecule has 2 aliphatic heterocycles. The quantitative estimate of drug-likeness (QED) is 0.761. The molecule has 0 atom stereocenters. The topological polar surface area (TPSA) is 44.4 Å². The fraction of sp³-hybridized carbons (Fsp3) is 0.381. The van der Waals surface area contributed by atoms with Gasteiger partial charge in [0, 0.05) is 25.3 Å². The summed E-state index contributed by atoms with van der Waals surface area (Å²) in [7, 11) is 0. The van der Waals surface area contributed by atoms with Crippen molar-refractivity contribution >= 4 is 42.1 Å². The molecule has 4 rings (SSSR count). The van der Waals surface area contributed by atoms with Gasteiger partial charge in [0.25, 0.3) is 5.91 Å². The number of anilines is 2. The van der Waals surface area contributed by atoms with Crippen molar-refractivity contribution in [1.29, 1.82) is 0 Å². The average molecular weight is 426 g/mol. The Hall–Kier alpha value is -1.82. The summed E-state index contributed by atoms with van der Waals surface area (Å²) in [6.07, 6.45) is 2.93. The lowest BCUT2D eigenvalue weighted by Gasteiger charge is -2.22. The van der Waals surface area contributed by atoms with Crippen molar-refractivity contribution in [3.05, 3.63) is 58.4 Å². The third-order valence-electron chi connectivity index (χ3n) is 5.30. The number of nitrogens with zero attached hydrogens (tertiary/aromatic N) is 1. The molecule has 0 radical (unpaired) electrons. The molecule has 0 aliphatic carbocycles. The first-order chi connectivity index (χ1) is 12.6. The fourth-order valence-corrected chi connectivity index (χ4v) is 3.89. The molecular formula is C21H26Cl2FN3O. The number of fused-ring (bicyclic) bond motifs is 1. The van der Waals surface area contributed by atoms with Gasteiger partial charge in [-0.3, -0.25) is 4.79 Å². The van der Waals surface area contributed by atoms with Crippen LogP contribution in [0.15, 0.2) is 30.3 Å². The van der Waals surface area contributed by atoms with Gasteiger partial charge < -0.3 is 15.5 Å². The Bertz CT molecular complexity index is 854. The van der Waals surface area contributed by atoms with E-state index in [-0.39, 0.29) is 42.2 Å². The number of amides is 1. The number of rotatable bonds is 3. The van der Waals surface area contributed by atoms with Crippen molar-refractivity contribution < 1.29 is 9.18 Å². The molecule has 2 aromatic rings. The summed E-state index contributed by atoms with van der Waals surface area (Å²) in [5.74, 6) is -0.545. The first-order valence-electron chi connectivity index (χ1n) is 9.31. The molecule has 2 aliphatic rings. The highest BCUT2D eigenvalue weighted by atomic mass is 35.5. The first-order valence-corrected chi connectivity index (χ1v) is 9.31. The van der Waals surface area contributed by atoms with Gasteiger partial charge in [-0.2, -0.15) is 0 Å². The molecule has 1 saturated heterocycles. The Kier molecular flexibility index (Phi) is 7.70. The van der Waals surface area contributed by atoms with E-state index >= 15 is 0 Å². The van der Waals surface area contributed by atoms with Gasteiger partial charge in [0.1, 0.15) is 5.82 Å². The minimum atomic E-state index is -0.298. The van der Waals surface area contributed by atoms with Crippen LogP contribution in [0.1, 0.15) is 39.9 Å². The Morgan fingerprint density at radius 2 is 1.89 bits per heavy atom. The van der Waals surface area contributed by atoms with E-state index in [0.717, 1.165) is 49.3 Å². The Morgan fingerprint density at radius 3 is 2.64 bits per heavy atom. The van der Waals surface area contributed by atoms with E-state index in [1.54, 1.807) is 6.07 Å². The van der Waals surface area contributed by atoms with Crippen LogP contribution in [0.4, 0.5) is 15.8 Å². The highest BCUT2D eigenvalue weighted by Crippen LogP contribution is 2.28. The smallest absolute Gasteiger partial charge is 0.257 e. The second-order valence-electron chi connectivity index (χ2n) is 7.16. The number of carbonyl (C=O) groups is 1. The molecule has 2 aromatic carbocycles. The van der Waals surface area contributed by atoms with Crippen LogP contribution in [-0.4, -0.2) is 25.5 Å². The van der Waals surface area contributed by atoms with Crippen molar-refractivity contribution in [2.24, 2.45) is 0 Å². The zero-order valence-electron chi connectivity index (χ0n) is 15.9. The molecule has 0 unspecified atom stereocenters. The Balaban J connectivity index is 0.00000140. The van der Waals surface area contributed by atoms with Crippen LogP contribution >= 0.6 is 24.8 Å². The molecule has 1 fully saturated rings. The average Bonchev–Trinajstić information content (AvgIpc) is 3.18. The normalized spacial score (nSPS) is 15.3. The molecule has 0 bridgehead atoms. The van der Waals surface area contributed by atoms with Crippen molar-refractivity contribution in [2.45, 2.75) is 32.7 Å². The van der Waals surface area contributed by atoms with E-state index in [1.807, 2.05) is 31.2 Å². The molecule has 0 aromatic heterocycles. The molecule has 0 spiro atoms. The van der Waals surface area contributed by atoms with Crippen LogP contribution in [0.3, 0.4) is 0 Å². The second-order valence-corrected chi connectivity index (χ2v) is 7.16. The lowest BCUT2D eigenvalue weighted by atomic mass is 9.99. The minimum Gasteiger partial charge on any atom is -0.371 e. The van der Waals surface area contributed by atoms with Gasteiger partial charge in [0.2, 0.25) is 0 Å².